The number of amides is 1. The second-order valence-corrected chi connectivity index (χ2v) is 21.1. The molecule has 0 aliphatic carbocycles. The van der Waals surface area contributed by atoms with E-state index in [2.05, 4.69) is 165 Å². The molecule has 9 nitrogen and oxygen atoms in total. The van der Waals surface area contributed by atoms with Gasteiger partial charge in [0.2, 0.25) is 5.91 Å². The smallest absolute Gasteiger partial charge is 0.220 e. The number of ether oxygens (including phenoxy) is 2. The maximum absolute atomic E-state index is 13.1. The molecule has 0 aromatic carbocycles. The van der Waals surface area contributed by atoms with Crippen molar-refractivity contribution in [2.45, 2.75) is 269 Å². The predicted octanol–water partition coefficient (Wildman–Crippen LogP) is 16.8. The van der Waals surface area contributed by atoms with E-state index >= 15 is 0 Å². The number of nitrogens with one attached hydrogen (secondary N) is 1. The molecule has 1 heterocycles. The van der Waals surface area contributed by atoms with E-state index in [9.17, 15) is 30.3 Å². The van der Waals surface area contributed by atoms with E-state index in [0.29, 0.717) is 12.8 Å². The molecule has 1 amide bonds. The van der Waals surface area contributed by atoms with Crippen molar-refractivity contribution >= 4 is 5.91 Å². The minimum absolute atomic E-state index is 0.235. The molecule has 1 aliphatic heterocycles. The fourth-order valence-electron chi connectivity index (χ4n) is 8.86. The summed E-state index contributed by atoms with van der Waals surface area (Å²) >= 11 is 0. The van der Waals surface area contributed by atoms with Gasteiger partial charge in [0.1, 0.15) is 24.4 Å². The lowest BCUT2D eigenvalue weighted by Crippen LogP contribution is -2.60. The molecule has 9 heteroatoms. The van der Waals surface area contributed by atoms with E-state index < -0.39 is 49.5 Å². The first-order chi connectivity index (χ1) is 39.3. The van der Waals surface area contributed by atoms with Gasteiger partial charge in [0.05, 0.1) is 25.4 Å². The van der Waals surface area contributed by atoms with Crippen molar-refractivity contribution in [2.75, 3.05) is 13.2 Å². The molecule has 1 saturated heterocycles. The van der Waals surface area contributed by atoms with Gasteiger partial charge in [-0.3, -0.25) is 4.79 Å². The second-order valence-electron chi connectivity index (χ2n) is 21.1. The van der Waals surface area contributed by atoms with Crippen molar-refractivity contribution in [1.82, 2.24) is 5.32 Å². The maximum Gasteiger partial charge on any atom is 0.220 e. The monoisotopic (exact) mass is 1110 g/mol. The third-order valence-electron chi connectivity index (χ3n) is 13.8. The van der Waals surface area contributed by atoms with Crippen molar-refractivity contribution in [3.05, 3.63) is 158 Å². The molecular weight excluding hydrogens is 995 g/mol. The first-order valence-corrected chi connectivity index (χ1v) is 31.7. The molecular formula is C71H115NO8. The van der Waals surface area contributed by atoms with Crippen LogP contribution in [0.3, 0.4) is 0 Å². The van der Waals surface area contributed by atoms with Crippen LogP contribution in [0.1, 0.15) is 226 Å². The molecule has 0 radical (unpaired) electrons. The Kier molecular flexibility index (Phi) is 53.5. The fraction of sp³-hybridized carbons (Fsp3) is 0.620. The lowest BCUT2D eigenvalue weighted by molar-refractivity contribution is -0.302. The molecule has 0 saturated carbocycles. The van der Waals surface area contributed by atoms with Gasteiger partial charge in [0, 0.05) is 6.42 Å². The van der Waals surface area contributed by atoms with E-state index in [1.54, 1.807) is 6.08 Å². The van der Waals surface area contributed by atoms with Gasteiger partial charge in [-0.1, -0.05) is 255 Å². The molecule has 7 atom stereocenters. The summed E-state index contributed by atoms with van der Waals surface area (Å²) in [7, 11) is 0. The lowest BCUT2D eigenvalue weighted by atomic mass is 9.99. The molecule has 1 rings (SSSR count). The van der Waals surface area contributed by atoms with Crippen molar-refractivity contribution in [2.24, 2.45) is 0 Å². The fourth-order valence-corrected chi connectivity index (χ4v) is 8.86. The van der Waals surface area contributed by atoms with Crippen LogP contribution >= 0.6 is 0 Å². The molecule has 1 fully saturated rings. The molecule has 0 spiro atoms. The van der Waals surface area contributed by atoms with E-state index in [1.165, 1.54) is 89.9 Å². The lowest BCUT2D eigenvalue weighted by Gasteiger charge is -2.40. The van der Waals surface area contributed by atoms with E-state index in [0.717, 1.165) is 103 Å². The number of aliphatic hydroxyl groups excluding tert-OH is 5. The zero-order valence-electron chi connectivity index (χ0n) is 50.3. The number of hydrogen-bond donors (Lipinski definition) is 6. The van der Waals surface area contributed by atoms with Gasteiger partial charge in [0.25, 0.3) is 0 Å². The van der Waals surface area contributed by atoms with Gasteiger partial charge in [-0.15, -0.1) is 0 Å². The van der Waals surface area contributed by atoms with Gasteiger partial charge in [-0.25, -0.2) is 0 Å². The SMILES string of the molecule is CC/C=C\C/C=C\C/C=C\C/C=C\C/C=C\C/C=C\C/C=C\C/C=C\C/C=C\C/C=C\CCCCC(=O)NC(COC1OC(CO)C(O)C(O)C1O)C(O)/C=C/CC/C=C/CC/C=C/CCCCCCCCCCCCCCCC. The Labute approximate surface area is 488 Å². The first kappa shape index (κ1) is 73.8. The Hall–Kier alpha value is -4.19. The number of rotatable bonds is 52. The molecule has 7 unspecified atom stereocenters. The van der Waals surface area contributed by atoms with Crippen molar-refractivity contribution in [3.63, 3.8) is 0 Å². The van der Waals surface area contributed by atoms with Crippen LogP contribution in [0.4, 0.5) is 0 Å². The molecule has 6 N–H and O–H groups in total. The van der Waals surface area contributed by atoms with Crippen LogP contribution in [0.2, 0.25) is 0 Å². The molecule has 0 aromatic rings. The van der Waals surface area contributed by atoms with Crippen LogP contribution in [0.5, 0.6) is 0 Å². The highest BCUT2D eigenvalue weighted by Gasteiger charge is 2.44. The summed E-state index contributed by atoms with van der Waals surface area (Å²) in [5, 5.41) is 54.6. The third kappa shape index (κ3) is 46.4. The summed E-state index contributed by atoms with van der Waals surface area (Å²) in [4.78, 5) is 13.1. The van der Waals surface area contributed by atoms with Crippen molar-refractivity contribution in [3.8, 4) is 0 Å². The Morgan fingerprint density at radius 1 is 0.438 bits per heavy atom. The highest BCUT2D eigenvalue weighted by molar-refractivity contribution is 5.76. The molecule has 452 valence electrons. The van der Waals surface area contributed by atoms with E-state index in [-0.39, 0.29) is 18.9 Å². The van der Waals surface area contributed by atoms with Crippen LogP contribution in [-0.4, -0.2) is 87.5 Å². The second kappa shape index (κ2) is 58.0. The largest absolute Gasteiger partial charge is 0.394 e. The van der Waals surface area contributed by atoms with Gasteiger partial charge < -0.3 is 40.3 Å². The molecule has 1 aliphatic rings. The van der Waals surface area contributed by atoms with Gasteiger partial charge in [-0.2, -0.15) is 0 Å². The topological polar surface area (TPSA) is 149 Å². The number of carbonyl (C=O) groups excluding carboxylic acids is 1. The van der Waals surface area contributed by atoms with Gasteiger partial charge in [-0.05, 0) is 122 Å². The van der Waals surface area contributed by atoms with Crippen LogP contribution < -0.4 is 5.32 Å². The Balaban J connectivity index is 2.30. The van der Waals surface area contributed by atoms with Crippen LogP contribution in [0.15, 0.2) is 158 Å². The summed E-state index contributed by atoms with van der Waals surface area (Å²) in [6, 6.07) is -0.866. The quantitative estimate of drug-likeness (QED) is 0.0261. The maximum atomic E-state index is 13.1. The highest BCUT2D eigenvalue weighted by Crippen LogP contribution is 2.23. The summed E-state index contributed by atoms with van der Waals surface area (Å²) in [6.07, 6.45) is 84.6. The third-order valence-corrected chi connectivity index (χ3v) is 13.8. The molecule has 80 heavy (non-hydrogen) atoms. The predicted molar refractivity (Wildman–Crippen MR) is 340 cm³/mol. The van der Waals surface area contributed by atoms with Crippen LogP contribution in [0.25, 0.3) is 0 Å². The number of unbranched alkanes of at least 4 members (excludes halogenated alkanes) is 18. The van der Waals surface area contributed by atoms with Crippen molar-refractivity contribution in [1.29, 1.82) is 0 Å². The zero-order valence-corrected chi connectivity index (χ0v) is 50.3. The minimum Gasteiger partial charge on any atom is -0.394 e. The van der Waals surface area contributed by atoms with Crippen molar-refractivity contribution < 1.29 is 39.8 Å². The Morgan fingerprint density at radius 3 is 1.20 bits per heavy atom. The molecule has 0 bridgehead atoms. The number of carbonyl (C=O) groups is 1. The summed E-state index contributed by atoms with van der Waals surface area (Å²) in [5.41, 5.74) is 0. The minimum atomic E-state index is -1.59. The first-order valence-electron chi connectivity index (χ1n) is 31.7. The van der Waals surface area contributed by atoms with Gasteiger partial charge >= 0.3 is 0 Å². The average Bonchev–Trinajstić information content (AvgIpc) is 3.46. The van der Waals surface area contributed by atoms with Gasteiger partial charge in [0.15, 0.2) is 6.29 Å². The Bertz CT molecular complexity index is 1810. The Morgan fingerprint density at radius 2 is 0.787 bits per heavy atom. The van der Waals surface area contributed by atoms with Crippen LogP contribution in [-0.2, 0) is 14.3 Å². The normalized spacial score (nSPS) is 19.6. The van der Waals surface area contributed by atoms with E-state index in [4.69, 9.17) is 9.47 Å². The van der Waals surface area contributed by atoms with E-state index in [1.807, 2.05) is 6.08 Å². The number of aliphatic hydroxyl groups is 5. The van der Waals surface area contributed by atoms with Crippen LogP contribution in [0, 0.1) is 0 Å². The average molecular weight is 1110 g/mol. The number of hydrogen-bond acceptors (Lipinski definition) is 8. The number of allylic oxidation sites excluding steroid dienone is 25. The summed E-state index contributed by atoms with van der Waals surface area (Å²) < 4.78 is 11.2. The standard InChI is InChI=1S/C71H115NO8/c1-3-5-7-9-11-13-15-17-19-21-23-25-27-29-30-31-32-33-34-35-36-37-39-41-43-45-47-49-51-53-55-57-59-61-67(75)72-64(63-79-71-70(78)69(77)68(76)66(62-73)80-71)65(74)60-58-56-54-52-50-48-46-44-42-40-38-28-26-24-22-20-18-16-14-12-10-8-6-4-2/h5,7,11,13,17,19,23,25,29-30,32-33,35-36,39,41-42,44-45,47,50-53,58,60,64-66,68-71,73-74,76-78H,3-4,6,8-10,12,14-16,18,20-22,24,26-28,31,34,37-38,40,43,46,48-49,54-57,59,61-63H2,1-2H3,(H,72,75)/b7-5-,13-11-,19-17-,25-23-,30-29-,33-32-,36-35-,41-39-,44-42+,47-45-,52-50+,53-51-,60-58+. The summed E-state index contributed by atoms with van der Waals surface area (Å²) in [6.45, 7) is 3.62. The summed E-state index contributed by atoms with van der Waals surface area (Å²) in [5.74, 6) is -0.239. The zero-order chi connectivity index (χ0) is 57.9. The molecule has 0 aromatic heterocycles. The highest BCUT2D eigenvalue weighted by atomic mass is 16.7.